The minimum atomic E-state index is -1.26. The molecule has 0 radical (unpaired) electrons. The van der Waals surface area contributed by atoms with Gasteiger partial charge >= 0.3 is 11.9 Å². The lowest BCUT2D eigenvalue weighted by atomic mass is 9.83. The molecule has 4 nitrogen and oxygen atoms in total. The number of ether oxygens (including phenoxy) is 2. The number of methoxy groups -OCH3 is 2. The number of carbonyl (C=O) groups is 2. The minimum absolute atomic E-state index is 0.277. The van der Waals surface area contributed by atoms with Crippen LogP contribution in [0.3, 0.4) is 0 Å². The summed E-state index contributed by atoms with van der Waals surface area (Å²) < 4.78 is 9.51. The smallest absolute Gasteiger partial charge is 0.323 e. The molecular formula is C14H18O4. The normalized spacial score (nSPS) is 17.2. The third-order valence-electron chi connectivity index (χ3n) is 3.25. The van der Waals surface area contributed by atoms with Crippen LogP contribution in [0.5, 0.6) is 0 Å². The highest BCUT2D eigenvalue weighted by Gasteiger charge is 2.52. The lowest BCUT2D eigenvalue weighted by Crippen LogP contribution is -2.39. The van der Waals surface area contributed by atoms with Crippen LogP contribution in [0.1, 0.15) is 19.3 Å². The summed E-state index contributed by atoms with van der Waals surface area (Å²) in [5.41, 5.74) is 0.618. The zero-order chi connectivity index (χ0) is 13.8. The predicted octanol–water partition coefficient (Wildman–Crippen LogP) is 2.17. The van der Waals surface area contributed by atoms with Crippen molar-refractivity contribution in [1.82, 2.24) is 0 Å². The Morgan fingerprint density at radius 3 is 2.17 bits per heavy atom. The van der Waals surface area contributed by atoms with Gasteiger partial charge in [-0.05, 0) is 24.8 Å². The first kappa shape index (κ1) is 14.2. The average molecular weight is 250 g/mol. The first-order valence-corrected chi connectivity index (χ1v) is 5.66. The molecule has 0 heterocycles. The van der Waals surface area contributed by atoms with Crippen molar-refractivity contribution in [3.63, 3.8) is 0 Å². The van der Waals surface area contributed by atoms with Crippen molar-refractivity contribution in [2.75, 3.05) is 14.2 Å². The second-order valence-corrected chi connectivity index (χ2v) is 4.24. The van der Waals surface area contributed by atoms with Gasteiger partial charge in [-0.3, -0.25) is 9.59 Å². The van der Waals surface area contributed by atoms with E-state index in [0.29, 0.717) is 12.8 Å². The van der Waals surface area contributed by atoms with E-state index in [1.54, 1.807) is 12.2 Å². The fraction of sp³-hybridized carbons (Fsp3) is 0.429. The molecule has 0 fully saturated rings. The second kappa shape index (κ2) is 5.67. The number of carbonyl (C=O) groups excluding carboxylic acids is 2. The molecule has 18 heavy (non-hydrogen) atoms. The first-order chi connectivity index (χ1) is 8.55. The highest BCUT2D eigenvalue weighted by atomic mass is 16.5. The standard InChI is InChI=1S/C14H18O4/c1-5-7-11-9-14(12(15)17-3,13(16)18-4)8-10(11)6-2/h5-6H,1-2,7-9H2,3-4H3. The lowest BCUT2D eigenvalue weighted by molar-refractivity contribution is -0.168. The average Bonchev–Trinajstić information content (AvgIpc) is 2.77. The summed E-state index contributed by atoms with van der Waals surface area (Å²) in [7, 11) is 2.54. The van der Waals surface area contributed by atoms with E-state index in [1.807, 2.05) is 0 Å². The Morgan fingerprint density at radius 2 is 1.78 bits per heavy atom. The molecule has 0 amide bonds. The third kappa shape index (κ3) is 2.23. The van der Waals surface area contributed by atoms with Gasteiger partial charge in [0.05, 0.1) is 14.2 Å². The van der Waals surface area contributed by atoms with Gasteiger partial charge < -0.3 is 9.47 Å². The van der Waals surface area contributed by atoms with E-state index < -0.39 is 17.4 Å². The van der Waals surface area contributed by atoms with Crippen molar-refractivity contribution in [3.8, 4) is 0 Å². The Kier molecular flexibility index (Phi) is 4.48. The van der Waals surface area contributed by atoms with Crippen LogP contribution in [0.15, 0.2) is 36.5 Å². The van der Waals surface area contributed by atoms with Crippen LogP contribution in [0.4, 0.5) is 0 Å². The maximum atomic E-state index is 11.9. The van der Waals surface area contributed by atoms with Crippen molar-refractivity contribution in [2.45, 2.75) is 19.3 Å². The molecular weight excluding hydrogens is 232 g/mol. The molecule has 0 N–H and O–H groups in total. The summed E-state index contributed by atoms with van der Waals surface area (Å²) in [6, 6.07) is 0. The van der Waals surface area contributed by atoms with Crippen LogP contribution < -0.4 is 0 Å². The molecule has 0 aromatic rings. The van der Waals surface area contributed by atoms with E-state index in [2.05, 4.69) is 13.2 Å². The number of esters is 2. The molecule has 4 heteroatoms. The van der Waals surface area contributed by atoms with E-state index >= 15 is 0 Å². The minimum Gasteiger partial charge on any atom is -0.468 e. The Labute approximate surface area is 107 Å². The van der Waals surface area contributed by atoms with Crippen LogP contribution in [-0.2, 0) is 19.1 Å². The van der Waals surface area contributed by atoms with Gasteiger partial charge in [-0.1, -0.05) is 24.3 Å². The molecule has 0 bridgehead atoms. The molecule has 1 rings (SSSR count). The number of hydrogen-bond donors (Lipinski definition) is 0. The molecule has 0 atom stereocenters. The fourth-order valence-electron chi connectivity index (χ4n) is 2.35. The highest BCUT2D eigenvalue weighted by Crippen LogP contribution is 2.45. The molecule has 1 aliphatic rings. The van der Waals surface area contributed by atoms with E-state index in [4.69, 9.17) is 9.47 Å². The van der Waals surface area contributed by atoms with Crippen molar-refractivity contribution in [2.24, 2.45) is 5.41 Å². The quantitative estimate of drug-likeness (QED) is 0.426. The van der Waals surface area contributed by atoms with Gasteiger partial charge in [-0.15, -0.1) is 6.58 Å². The lowest BCUT2D eigenvalue weighted by Gasteiger charge is -2.23. The molecule has 0 aromatic carbocycles. The molecule has 1 aliphatic carbocycles. The van der Waals surface area contributed by atoms with E-state index in [-0.39, 0.29) is 6.42 Å². The summed E-state index contributed by atoms with van der Waals surface area (Å²) in [5, 5.41) is 0. The van der Waals surface area contributed by atoms with Crippen LogP contribution in [0.2, 0.25) is 0 Å². The van der Waals surface area contributed by atoms with Gasteiger partial charge in [0.1, 0.15) is 0 Å². The maximum absolute atomic E-state index is 11.9. The van der Waals surface area contributed by atoms with Gasteiger partial charge in [0.15, 0.2) is 5.41 Å². The summed E-state index contributed by atoms with van der Waals surface area (Å²) in [6.07, 6.45) is 4.62. The predicted molar refractivity (Wildman–Crippen MR) is 67.7 cm³/mol. The van der Waals surface area contributed by atoms with Gasteiger partial charge in [-0.2, -0.15) is 0 Å². The SMILES string of the molecule is C=CCC1=C(C=C)CC(C(=O)OC)(C(=O)OC)C1. The van der Waals surface area contributed by atoms with Gasteiger partial charge in [0.2, 0.25) is 0 Å². The van der Waals surface area contributed by atoms with Crippen molar-refractivity contribution >= 4 is 11.9 Å². The highest BCUT2D eigenvalue weighted by molar-refractivity contribution is 6.01. The van der Waals surface area contributed by atoms with Gasteiger partial charge in [-0.25, -0.2) is 0 Å². The summed E-state index contributed by atoms with van der Waals surface area (Å²) >= 11 is 0. The maximum Gasteiger partial charge on any atom is 0.323 e. The zero-order valence-electron chi connectivity index (χ0n) is 10.8. The molecule has 98 valence electrons. The van der Waals surface area contributed by atoms with E-state index in [0.717, 1.165) is 11.1 Å². The number of allylic oxidation sites excluding steroid dienone is 4. The van der Waals surface area contributed by atoms with Crippen molar-refractivity contribution < 1.29 is 19.1 Å². The van der Waals surface area contributed by atoms with E-state index in [1.165, 1.54) is 14.2 Å². The molecule has 0 spiro atoms. The fourth-order valence-corrected chi connectivity index (χ4v) is 2.35. The third-order valence-corrected chi connectivity index (χ3v) is 3.25. The van der Waals surface area contributed by atoms with E-state index in [9.17, 15) is 9.59 Å². The van der Waals surface area contributed by atoms with Crippen LogP contribution in [0, 0.1) is 5.41 Å². The van der Waals surface area contributed by atoms with Crippen LogP contribution >= 0.6 is 0 Å². The van der Waals surface area contributed by atoms with Gasteiger partial charge in [0, 0.05) is 0 Å². The Hall–Kier alpha value is -1.84. The Balaban J connectivity index is 3.13. The summed E-state index contributed by atoms with van der Waals surface area (Å²) in [5.74, 6) is -1.12. The molecule has 0 saturated carbocycles. The largest absolute Gasteiger partial charge is 0.468 e. The Morgan fingerprint density at radius 1 is 1.22 bits per heavy atom. The number of rotatable bonds is 5. The molecule has 0 aromatic heterocycles. The van der Waals surface area contributed by atoms with Crippen LogP contribution in [-0.4, -0.2) is 26.2 Å². The van der Waals surface area contributed by atoms with Crippen LogP contribution in [0.25, 0.3) is 0 Å². The topological polar surface area (TPSA) is 52.6 Å². The molecule has 0 saturated heterocycles. The molecule has 0 unspecified atom stereocenters. The van der Waals surface area contributed by atoms with Gasteiger partial charge in [0.25, 0.3) is 0 Å². The monoisotopic (exact) mass is 250 g/mol. The first-order valence-electron chi connectivity index (χ1n) is 5.66. The Bertz CT molecular complexity index is 402. The van der Waals surface area contributed by atoms with Crippen molar-refractivity contribution in [3.05, 3.63) is 36.5 Å². The number of hydrogen-bond acceptors (Lipinski definition) is 4. The molecule has 0 aliphatic heterocycles. The zero-order valence-corrected chi connectivity index (χ0v) is 10.8. The second-order valence-electron chi connectivity index (χ2n) is 4.24. The summed E-state index contributed by atoms with van der Waals surface area (Å²) in [6.45, 7) is 7.38. The summed E-state index contributed by atoms with van der Waals surface area (Å²) in [4.78, 5) is 23.9. The van der Waals surface area contributed by atoms with Crippen molar-refractivity contribution in [1.29, 1.82) is 0 Å².